The van der Waals surface area contributed by atoms with Crippen LogP contribution in [0.5, 0.6) is 0 Å². The van der Waals surface area contributed by atoms with Gasteiger partial charge in [0, 0.05) is 18.8 Å². The Morgan fingerprint density at radius 3 is 2.47 bits per heavy atom. The number of hydrogen-bond acceptors (Lipinski definition) is 5. The normalized spacial score (nSPS) is 15.4. The summed E-state index contributed by atoms with van der Waals surface area (Å²) >= 11 is 0. The Labute approximate surface area is 180 Å². The van der Waals surface area contributed by atoms with E-state index in [1.807, 2.05) is 32.9 Å². The van der Waals surface area contributed by atoms with Crippen molar-refractivity contribution in [3.8, 4) is 0 Å². The molecule has 162 valence electrons. The lowest BCUT2D eigenvalue weighted by atomic mass is 9.82. The number of alkyl halides is 1. The molecule has 5 nitrogen and oxygen atoms in total. The number of aromatic nitrogens is 2. The van der Waals surface area contributed by atoms with Gasteiger partial charge in [-0.1, -0.05) is 32.4 Å². The molecule has 1 aromatic heterocycles. The molecule has 1 N–H and O–H groups in total. The molecule has 0 radical (unpaired) electrons. The molecule has 0 spiro atoms. The minimum absolute atomic E-state index is 0.273. The average Bonchev–Trinajstić information content (AvgIpc) is 2.69. The van der Waals surface area contributed by atoms with Crippen molar-refractivity contribution < 1.29 is 4.39 Å². The summed E-state index contributed by atoms with van der Waals surface area (Å²) in [6, 6.07) is 6.09. The molecule has 0 unspecified atom stereocenters. The van der Waals surface area contributed by atoms with Crippen LogP contribution in [0.1, 0.15) is 68.8 Å². The number of azo groups is 1. The van der Waals surface area contributed by atoms with Crippen molar-refractivity contribution in [1.29, 1.82) is 0 Å². The molecule has 0 aliphatic heterocycles. The summed E-state index contributed by atoms with van der Waals surface area (Å²) in [4.78, 5) is 8.94. The topological polar surface area (TPSA) is 62.5 Å². The highest BCUT2D eigenvalue weighted by atomic mass is 19.1. The van der Waals surface area contributed by atoms with Gasteiger partial charge in [0.1, 0.15) is 5.67 Å². The van der Waals surface area contributed by atoms with Gasteiger partial charge in [-0.15, -0.1) is 0 Å². The molecule has 1 aliphatic carbocycles. The van der Waals surface area contributed by atoms with Gasteiger partial charge in [0.05, 0.1) is 17.9 Å². The lowest BCUT2D eigenvalue weighted by molar-refractivity contribution is 0.0782. The summed E-state index contributed by atoms with van der Waals surface area (Å²) in [6.07, 6.45) is 7.30. The smallest absolute Gasteiger partial charge is 0.222 e. The molecule has 1 saturated carbocycles. The van der Waals surface area contributed by atoms with E-state index in [0.29, 0.717) is 18.8 Å². The van der Waals surface area contributed by atoms with Gasteiger partial charge in [-0.25, -0.2) is 14.4 Å². The van der Waals surface area contributed by atoms with Gasteiger partial charge in [-0.3, -0.25) is 0 Å². The van der Waals surface area contributed by atoms with E-state index in [-0.39, 0.29) is 6.54 Å². The van der Waals surface area contributed by atoms with Crippen LogP contribution in [0, 0.1) is 13.8 Å². The molecule has 30 heavy (non-hydrogen) atoms. The van der Waals surface area contributed by atoms with Crippen LogP contribution in [0.3, 0.4) is 0 Å². The maximum absolute atomic E-state index is 14.2. The van der Waals surface area contributed by atoms with E-state index in [9.17, 15) is 4.39 Å². The quantitative estimate of drug-likeness (QED) is 0.522. The third kappa shape index (κ3) is 5.94. The lowest BCUT2D eigenvalue weighted by Gasteiger charge is -2.33. The third-order valence-corrected chi connectivity index (χ3v) is 5.09. The predicted molar refractivity (Wildman–Crippen MR) is 123 cm³/mol. The van der Waals surface area contributed by atoms with Crippen LogP contribution in [0.2, 0.25) is 0 Å². The molecule has 0 atom stereocenters. The van der Waals surface area contributed by atoms with Gasteiger partial charge in [-0.2, -0.15) is 10.2 Å². The Hall–Kier alpha value is -2.63. The van der Waals surface area contributed by atoms with E-state index in [2.05, 4.69) is 51.5 Å². The largest absolute Gasteiger partial charge is 0.351 e. The van der Waals surface area contributed by atoms with E-state index in [4.69, 9.17) is 0 Å². The van der Waals surface area contributed by atoms with Crippen molar-refractivity contribution in [3.05, 3.63) is 52.9 Å². The van der Waals surface area contributed by atoms with Crippen LogP contribution in [-0.2, 0) is 0 Å². The second-order valence-electron chi connectivity index (χ2n) is 7.76. The number of nitrogens with one attached hydrogen (secondary N) is 1. The first-order valence-corrected chi connectivity index (χ1v) is 10.7. The van der Waals surface area contributed by atoms with Crippen LogP contribution < -0.4 is 5.32 Å². The number of allylic oxidation sites excluding steroid dienone is 1. The number of aryl methyl sites for hydroxylation is 2. The van der Waals surface area contributed by atoms with Gasteiger partial charge < -0.3 is 5.32 Å². The molecule has 2 aromatic rings. The van der Waals surface area contributed by atoms with Gasteiger partial charge in [0.2, 0.25) is 5.95 Å². The Kier molecular flexibility index (Phi) is 8.63. The minimum Gasteiger partial charge on any atom is -0.351 e. The summed E-state index contributed by atoms with van der Waals surface area (Å²) in [7, 11) is 1.66. The Balaban J connectivity index is 0.00000101. The molecule has 1 heterocycles. The highest BCUT2D eigenvalue weighted by molar-refractivity contribution is 5.81. The number of halogens is 1. The minimum atomic E-state index is -1.10. The van der Waals surface area contributed by atoms with Crippen LogP contribution >= 0.6 is 0 Å². The van der Waals surface area contributed by atoms with Crippen molar-refractivity contribution in [2.45, 2.75) is 66.0 Å². The van der Waals surface area contributed by atoms with E-state index in [0.717, 1.165) is 40.1 Å². The van der Waals surface area contributed by atoms with Crippen molar-refractivity contribution >= 4 is 17.2 Å². The summed E-state index contributed by atoms with van der Waals surface area (Å²) in [5.74, 6) is 0.477. The molecule has 0 saturated heterocycles. The van der Waals surface area contributed by atoms with Gasteiger partial charge in [0.15, 0.2) is 0 Å². The van der Waals surface area contributed by atoms with E-state index < -0.39 is 5.67 Å². The maximum Gasteiger partial charge on any atom is 0.222 e. The Bertz CT molecular complexity index is 900. The summed E-state index contributed by atoms with van der Waals surface area (Å²) in [5, 5.41) is 11.0. The zero-order valence-electron chi connectivity index (χ0n) is 19.1. The van der Waals surface area contributed by atoms with E-state index in [1.54, 1.807) is 13.2 Å². The molecule has 1 aromatic carbocycles. The second kappa shape index (κ2) is 11.0. The van der Waals surface area contributed by atoms with E-state index >= 15 is 0 Å². The summed E-state index contributed by atoms with van der Waals surface area (Å²) in [5.41, 5.74) is 4.78. The molecule has 1 fully saturated rings. The summed E-state index contributed by atoms with van der Waals surface area (Å²) in [6.45, 7) is 10.5. The SMILES string of the molecule is C/C=C(/c1ccc(N=NC)c(C)c1)c1cnc(NCC2(F)CCC2)nc1C.CCC. The first-order chi connectivity index (χ1) is 14.4. The van der Waals surface area contributed by atoms with Gasteiger partial charge in [0.25, 0.3) is 0 Å². The number of rotatable bonds is 6. The van der Waals surface area contributed by atoms with E-state index in [1.165, 1.54) is 6.42 Å². The number of benzene rings is 1. The van der Waals surface area contributed by atoms with Crippen LogP contribution in [0.4, 0.5) is 16.0 Å². The first-order valence-electron chi connectivity index (χ1n) is 10.7. The number of nitrogens with zero attached hydrogens (tertiary/aromatic N) is 4. The summed E-state index contributed by atoms with van der Waals surface area (Å²) < 4.78 is 14.2. The zero-order valence-corrected chi connectivity index (χ0v) is 19.1. The fourth-order valence-corrected chi connectivity index (χ4v) is 3.31. The fraction of sp³-hybridized carbons (Fsp3) is 0.500. The van der Waals surface area contributed by atoms with Crippen LogP contribution in [0.25, 0.3) is 5.57 Å². The Morgan fingerprint density at radius 2 is 1.97 bits per heavy atom. The molecule has 1 aliphatic rings. The van der Waals surface area contributed by atoms with Crippen molar-refractivity contribution in [1.82, 2.24) is 9.97 Å². The molecular formula is C24H34FN5. The van der Waals surface area contributed by atoms with Gasteiger partial charge in [-0.05, 0) is 68.9 Å². The number of anilines is 1. The van der Waals surface area contributed by atoms with Crippen LogP contribution in [-0.4, -0.2) is 29.2 Å². The molecule has 6 heteroatoms. The average molecular weight is 412 g/mol. The Morgan fingerprint density at radius 1 is 1.27 bits per heavy atom. The van der Waals surface area contributed by atoms with Gasteiger partial charge >= 0.3 is 0 Å². The molecular weight excluding hydrogens is 377 g/mol. The number of hydrogen-bond donors (Lipinski definition) is 1. The fourth-order valence-electron chi connectivity index (χ4n) is 3.31. The molecule has 0 amide bonds. The second-order valence-corrected chi connectivity index (χ2v) is 7.76. The zero-order chi connectivity index (χ0) is 22.1. The highest BCUT2D eigenvalue weighted by Gasteiger charge is 2.36. The van der Waals surface area contributed by atoms with Crippen molar-refractivity contribution in [2.75, 3.05) is 18.9 Å². The van der Waals surface area contributed by atoms with Crippen molar-refractivity contribution in [2.24, 2.45) is 10.2 Å². The lowest BCUT2D eigenvalue weighted by Crippen LogP contribution is -2.39. The maximum atomic E-state index is 14.2. The molecule has 0 bridgehead atoms. The third-order valence-electron chi connectivity index (χ3n) is 5.09. The first kappa shape index (κ1) is 23.6. The highest BCUT2D eigenvalue weighted by Crippen LogP contribution is 2.35. The standard InChI is InChI=1S/C21H26FN5.C3H8/c1-5-17(16-7-8-19(27-23-4)14(2)11-16)18-12-24-20(26-15(18)3)25-13-21(22)9-6-10-21;1-3-2/h5,7-8,11-12H,6,9-10,13H2,1-4H3,(H,24,25,26);3H2,1-2H3/b17-5-,27-23?;. The van der Waals surface area contributed by atoms with Crippen LogP contribution in [0.15, 0.2) is 40.7 Å². The van der Waals surface area contributed by atoms with Crippen molar-refractivity contribution in [3.63, 3.8) is 0 Å². The molecule has 3 rings (SSSR count). The monoisotopic (exact) mass is 411 g/mol. The predicted octanol–water partition coefficient (Wildman–Crippen LogP) is 6.98.